The SMILES string of the molecule is N#Cc1nnccc1CCc1ccccc1. The van der Waals surface area contributed by atoms with Crippen LogP contribution in [0.25, 0.3) is 0 Å². The van der Waals surface area contributed by atoms with Crippen LogP contribution >= 0.6 is 0 Å². The van der Waals surface area contributed by atoms with Crippen molar-refractivity contribution in [3.8, 4) is 6.07 Å². The molecule has 0 unspecified atom stereocenters. The van der Waals surface area contributed by atoms with E-state index in [0.29, 0.717) is 5.69 Å². The van der Waals surface area contributed by atoms with Gasteiger partial charge in [-0.15, -0.1) is 5.10 Å². The van der Waals surface area contributed by atoms with E-state index in [0.717, 1.165) is 18.4 Å². The first-order valence-corrected chi connectivity index (χ1v) is 5.15. The Hall–Kier alpha value is -2.21. The Labute approximate surface area is 94.4 Å². The summed E-state index contributed by atoms with van der Waals surface area (Å²) < 4.78 is 0. The number of benzene rings is 1. The minimum Gasteiger partial charge on any atom is -0.191 e. The summed E-state index contributed by atoms with van der Waals surface area (Å²) in [6, 6.07) is 14.1. The number of hydrogen-bond acceptors (Lipinski definition) is 3. The molecule has 0 aliphatic rings. The van der Waals surface area contributed by atoms with Crippen molar-refractivity contribution < 1.29 is 0 Å². The topological polar surface area (TPSA) is 49.6 Å². The Morgan fingerprint density at radius 1 is 1.06 bits per heavy atom. The van der Waals surface area contributed by atoms with Gasteiger partial charge in [-0.1, -0.05) is 30.3 Å². The van der Waals surface area contributed by atoms with Crippen molar-refractivity contribution in [1.29, 1.82) is 5.26 Å². The first-order chi connectivity index (χ1) is 7.90. The minimum atomic E-state index is 0.429. The normalized spacial score (nSPS) is 9.69. The van der Waals surface area contributed by atoms with Gasteiger partial charge in [0.25, 0.3) is 0 Å². The second kappa shape index (κ2) is 5.04. The highest BCUT2D eigenvalue weighted by Crippen LogP contribution is 2.08. The summed E-state index contributed by atoms with van der Waals surface area (Å²) >= 11 is 0. The van der Waals surface area contributed by atoms with E-state index >= 15 is 0 Å². The van der Waals surface area contributed by atoms with Crippen LogP contribution in [0.5, 0.6) is 0 Å². The van der Waals surface area contributed by atoms with E-state index in [-0.39, 0.29) is 0 Å². The maximum absolute atomic E-state index is 8.86. The van der Waals surface area contributed by atoms with Crippen molar-refractivity contribution in [3.63, 3.8) is 0 Å². The molecule has 0 spiro atoms. The molecule has 0 aliphatic heterocycles. The highest BCUT2D eigenvalue weighted by molar-refractivity contribution is 5.30. The lowest BCUT2D eigenvalue weighted by molar-refractivity contribution is 0.905. The molecule has 3 nitrogen and oxygen atoms in total. The van der Waals surface area contributed by atoms with Crippen molar-refractivity contribution in [2.45, 2.75) is 12.8 Å². The summed E-state index contributed by atoms with van der Waals surface area (Å²) in [5.41, 5.74) is 2.66. The summed E-state index contributed by atoms with van der Waals surface area (Å²) in [6.45, 7) is 0. The van der Waals surface area contributed by atoms with Gasteiger partial charge in [0.1, 0.15) is 6.07 Å². The molecule has 0 aliphatic carbocycles. The van der Waals surface area contributed by atoms with Crippen molar-refractivity contribution >= 4 is 0 Å². The predicted octanol–water partition coefficient (Wildman–Crippen LogP) is 2.13. The molecule has 0 saturated carbocycles. The number of rotatable bonds is 3. The minimum absolute atomic E-state index is 0.429. The van der Waals surface area contributed by atoms with Gasteiger partial charge in [-0.3, -0.25) is 0 Å². The first-order valence-electron chi connectivity index (χ1n) is 5.15. The van der Waals surface area contributed by atoms with Crippen LogP contribution in [-0.2, 0) is 12.8 Å². The maximum atomic E-state index is 8.86. The number of nitriles is 1. The largest absolute Gasteiger partial charge is 0.191 e. The van der Waals surface area contributed by atoms with Crippen LogP contribution in [0.4, 0.5) is 0 Å². The van der Waals surface area contributed by atoms with Crippen LogP contribution in [-0.4, -0.2) is 10.2 Å². The smallest absolute Gasteiger partial charge is 0.166 e. The average molecular weight is 209 g/mol. The van der Waals surface area contributed by atoms with Crippen molar-refractivity contribution in [1.82, 2.24) is 10.2 Å². The third-order valence-electron chi connectivity index (χ3n) is 2.44. The zero-order valence-electron chi connectivity index (χ0n) is 8.80. The van der Waals surface area contributed by atoms with Crippen LogP contribution in [0, 0.1) is 11.3 Å². The molecule has 1 aromatic carbocycles. The summed E-state index contributed by atoms with van der Waals surface area (Å²) in [5, 5.41) is 16.4. The lowest BCUT2D eigenvalue weighted by Gasteiger charge is -2.02. The van der Waals surface area contributed by atoms with E-state index in [1.165, 1.54) is 5.56 Å². The Bertz CT molecular complexity index is 500. The molecule has 2 rings (SSSR count). The van der Waals surface area contributed by atoms with Crippen molar-refractivity contribution in [2.24, 2.45) is 0 Å². The molecule has 0 radical (unpaired) electrons. The molecule has 0 atom stereocenters. The highest BCUT2D eigenvalue weighted by atomic mass is 15.1. The molecule has 0 N–H and O–H groups in total. The Morgan fingerprint density at radius 3 is 2.62 bits per heavy atom. The van der Waals surface area contributed by atoms with E-state index in [9.17, 15) is 0 Å². The van der Waals surface area contributed by atoms with Gasteiger partial charge in [-0.05, 0) is 30.0 Å². The van der Waals surface area contributed by atoms with E-state index in [1.54, 1.807) is 6.20 Å². The summed E-state index contributed by atoms with van der Waals surface area (Å²) in [7, 11) is 0. The summed E-state index contributed by atoms with van der Waals surface area (Å²) in [4.78, 5) is 0. The third kappa shape index (κ3) is 2.43. The molecule has 1 aromatic heterocycles. The van der Waals surface area contributed by atoms with Crippen LogP contribution in [0.1, 0.15) is 16.8 Å². The molecule has 2 aromatic rings. The molecular formula is C13H11N3. The Morgan fingerprint density at radius 2 is 1.88 bits per heavy atom. The predicted molar refractivity (Wildman–Crippen MR) is 60.6 cm³/mol. The van der Waals surface area contributed by atoms with Crippen LogP contribution in [0.3, 0.4) is 0 Å². The molecule has 0 saturated heterocycles. The lowest BCUT2D eigenvalue weighted by Crippen LogP contribution is -1.98. The van der Waals surface area contributed by atoms with Crippen molar-refractivity contribution in [3.05, 3.63) is 59.4 Å². The van der Waals surface area contributed by atoms with Gasteiger partial charge < -0.3 is 0 Å². The van der Waals surface area contributed by atoms with E-state index in [2.05, 4.69) is 28.4 Å². The van der Waals surface area contributed by atoms with Gasteiger partial charge in [0, 0.05) is 6.20 Å². The van der Waals surface area contributed by atoms with Crippen molar-refractivity contribution in [2.75, 3.05) is 0 Å². The van der Waals surface area contributed by atoms with Gasteiger partial charge in [-0.25, -0.2) is 0 Å². The molecular weight excluding hydrogens is 198 g/mol. The molecule has 16 heavy (non-hydrogen) atoms. The number of hydrogen-bond donors (Lipinski definition) is 0. The highest BCUT2D eigenvalue weighted by Gasteiger charge is 2.03. The Balaban J connectivity index is 2.09. The molecule has 1 heterocycles. The molecule has 3 heteroatoms. The fourth-order valence-electron chi connectivity index (χ4n) is 1.58. The van der Waals surface area contributed by atoms with Crippen LogP contribution in [0.2, 0.25) is 0 Å². The second-order valence-corrected chi connectivity index (χ2v) is 3.50. The van der Waals surface area contributed by atoms with E-state index in [1.807, 2.05) is 24.3 Å². The van der Waals surface area contributed by atoms with Gasteiger partial charge >= 0.3 is 0 Å². The lowest BCUT2D eigenvalue weighted by atomic mass is 10.0. The monoisotopic (exact) mass is 209 g/mol. The van der Waals surface area contributed by atoms with Gasteiger partial charge in [-0.2, -0.15) is 10.4 Å². The van der Waals surface area contributed by atoms with E-state index in [4.69, 9.17) is 5.26 Å². The molecule has 0 fully saturated rings. The zero-order chi connectivity index (χ0) is 11.2. The molecule has 0 amide bonds. The first kappa shape index (κ1) is 10.3. The number of aryl methyl sites for hydroxylation is 2. The Kier molecular flexibility index (Phi) is 3.25. The third-order valence-corrected chi connectivity index (χ3v) is 2.44. The number of aromatic nitrogens is 2. The fraction of sp³-hybridized carbons (Fsp3) is 0.154. The molecule has 78 valence electrons. The second-order valence-electron chi connectivity index (χ2n) is 3.50. The maximum Gasteiger partial charge on any atom is 0.166 e. The standard InChI is InChI=1S/C13H11N3/c14-10-13-12(8-9-15-16-13)7-6-11-4-2-1-3-5-11/h1-5,8-9H,6-7H2. The van der Waals surface area contributed by atoms with Gasteiger partial charge in [0.05, 0.1) is 0 Å². The van der Waals surface area contributed by atoms with E-state index < -0.39 is 0 Å². The summed E-state index contributed by atoms with van der Waals surface area (Å²) in [5.74, 6) is 0. The van der Waals surface area contributed by atoms with Gasteiger partial charge in [0.15, 0.2) is 5.69 Å². The fourth-order valence-corrected chi connectivity index (χ4v) is 1.58. The summed E-state index contributed by atoms with van der Waals surface area (Å²) in [6.07, 6.45) is 3.37. The van der Waals surface area contributed by atoms with Crippen LogP contribution < -0.4 is 0 Å². The van der Waals surface area contributed by atoms with Gasteiger partial charge in [0.2, 0.25) is 0 Å². The number of nitrogens with zero attached hydrogens (tertiary/aromatic N) is 3. The van der Waals surface area contributed by atoms with Crippen LogP contribution in [0.15, 0.2) is 42.6 Å². The zero-order valence-corrected chi connectivity index (χ0v) is 8.80. The average Bonchev–Trinajstić information content (AvgIpc) is 2.38. The quantitative estimate of drug-likeness (QED) is 0.778. The molecule has 0 bridgehead atoms.